The molecular weight excluding hydrogens is 378 g/mol. The van der Waals surface area contributed by atoms with E-state index in [1.165, 1.54) is 26.4 Å². The first-order valence-electron chi connectivity index (χ1n) is 8.57. The molecule has 0 unspecified atom stereocenters. The number of aromatic nitrogens is 3. The fourth-order valence-electron chi connectivity index (χ4n) is 2.71. The molecule has 2 heterocycles. The van der Waals surface area contributed by atoms with Crippen LogP contribution in [0.1, 0.15) is 6.92 Å². The van der Waals surface area contributed by atoms with E-state index in [4.69, 9.17) is 4.74 Å². The van der Waals surface area contributed by atoms with Gasteiger partial charge in [0.2, 0.25) is 5.91 Å². The SMILES string of the molecule is COC(=O)Cn1c(=O)c(NC(C)=O)cc2c(Nc3ccc(OC)cc3)ncnc21. The van der Waals surface area contributed by atoms with Gasteiger partial charge in [-0.2, -0.15) is 0 Å². The van der Waals surface area contributed by atoms with Crippen molar-refractivity contribution in [1.82, 2.24) is 14.5 Å². The third-order valence-corrected chi connectivity index (χ3v) is 4.06. The first kappa shape index (κ1) is 19.8. The van der Waals surface area contributed by atoms with Crippen LogP contribution in [0.25, 0.3) is 11.0 Å². The van der Waals surface area contributed by atoms with Crippen molar-refractivity contribution in [2.75, 3.05) is 24.9 Å². The van der Waals surface area contributed by atoms with Crippen molar-refractivity contribution in [2.45, 2.75) is 13.5 Å². The lowest BCUT2D eigenvalue weighted by Crippen LogP contribution is -2.29. The summed E-state index contributed by atoms with van der Waals surface area (Å²) in [6.45, 7) is 0.921. The van der Waals surface area contributed by atoms with Crippen LogP contribution in [0.5, 0.6) is 5.75 Å². The van der Waals surface area contributed by atoms with Gasteiger partial charge in [-0.15, -0.1) is 0 Å². The van der Waals surface area contributed by atoms with Crippen LogP contribution in [0.15, 0.2) is 41.5 Å². The molecule has 0 saturated heterocycles. The van der Waals surface area contributed by atoms with E-state index >= 15 is 0 Å². The summed E-state index contributed by atoms with van der Waals surface area (Å²) in [5.41, 5.74) is 0.367. The highest BCUT2D eigenvalue weighted by molar-refractivity contribution is 5.95. The molecule has 0 aliphatic rings. The number of esters is 1. The predicted octanol–water partition coefficient (Wildman–Crippen LogP) is 1.68. The maximum atomic E-state index is 12.8. The summed E-state index contributed by atoms with van der Waals surface area (Å²) in [5, 5.41) is 6.06. The number of nitrogens with one attached hydrogen (secondary N) is 2. The average Bonchev–Trinajstić information content (AvgIpc) is 2.71. The second kappa shape index (κ2) is 8.38. The maximum Gasteiger partial charge on any atom is 0.325 e. The molecule has 2 aromatic heterocycles. The normalized spacial score (nSPS) is 10.4. The fourth-order valence-corrected chi connectivity index (χ4v) is 2.71. The summed E-state index contributed by atoms with van der Waals surface area (Å²) in [6.07, 6.45) is 1.28. The van der Waals surface area contributed by atoms with E-state index in [1.54, 1.807) is 31.4 Å². The molecule has 3 aromatic rings. The second-order valence-corrected chi connectivity index (χ2v) is 6.02. The van der Waals surface area contributed by atoms with Gasteiger partial charge in [-0.05, 0) is 30.3 Å². The molecule has 0 spiro atoms. The molecule has 0 aliphatic carbocycles. The van der Waals surface area contributed by atoms with Crippen LogP contribution in [0, 0.1) is 0 Å². The lowest BCUT2D eigenvalue weighted by atomic mass is 10.2. The van der Waals surface area contributed by atoms with Gasteiger partial charge in [0.15, 0.2) is 0 Å². The molecule has 1 aromatic carbocycles. The van der Waals surface area contributed by atoms with Crippen molar-refractivity contribution in [3.8, 4) is 5.75 Å². The van der Waals surface area contributed by atoms with E-state index in [0.29, 0.717) is 17.0 Å². The Labute approximate surface area is 165 Å². The monoisotopic (exact) mass is 397 g/mol. The van der Waals surface area contributed by atoms with Crippen molar-refractivity contribution < 1.29 is 19.1 Å². The van der Waals surface area contributed by atoms with Gasteiger partial charge in [0.25, 0.3) is 5.56 Å². The third kappa shape index (κ3) is 4.32. The number of carbonyl (C=O) groups excluding carboxylic acids is 2. The fraction of sp³-hybridized carbons (Fsp3) is 0.211. The average molecular weight is 397 g/mol. The number of hydrogen-bond donors (Lipinski definition) is 2. The summed E-state index contributed by atoms with van der Waals surface area (Å²) in [6, 6.07) is 8.62. The Kier molecular flexibility index (Phi) is 5.72. The number of carbonyl (C=O) groups is 2. The third-order valence-electron chi connectivity index (χ3n) is 4.06. The summed E-state index contributed by atoms with van der Waals surface area (Å²) in [4.78, 5) is 44.5. The molecule has 0 atom stereocenters. The molecule has 0 saturated carbocycles. The molecule has 0 radical (unpaired) electrons. The molecule has 10 nitrogen and oxygen atoms in total. The van der Waals surface area contributed by atoms with Crippen LogP contribution in [-0.2, 0) is 20.9 Å². The molecule has 1 amide bonds. The van der Waals surface area contributed by atoms with Crippen LogP contribution in [0.2, 0.25) is 0 Å². The number of benzene rings is 1. The van der Waals surface area contributed by atoms with Gasteiger partial charge in [-0.1, -0.05) is 0 Å². The predicted molar refractivity (Wildman–Crippen MR) is 106 cm³/mol. The molecule has 3 rings (SSSR count). The molecule has 0 bridgehead atoms. The Morgan fingerprint density at radius 1 is 1.14 bits per heavy atom. The van der Waals surface area contributed by atoms with Crippen molar-refractivity contribution in [1.29, 1.82) is 0 Å². The van der Waals surface area contributed by atoms with E-state index in [0.717, 1.165) is 10.3 Å². The molecule has 0 fully saturated rings. The Morgan fingerprint density at radius 3 is 2.48 bits per heavy atom. The number of nitrogens with zero attached hydrogens (tertiary/aromatic N) is 3. The molecule has 2 N–H and O–H groups in total. The van der Waals surface area contributed by atoms with Gasteiger partial charge in [0, 0.05) is 12.6 Å². The molecular formula is C19H19N5O5. The van der Waals surface area contributed by atoms with Gasteiger partial charge in [-0.3, -0.25) is 19.0 Å². The smallest absolute Gasteiger partial charge is 0.325 e. The van der Waals surface area contributed by atoms with E-state index in [1.807, 2.05) is 0 Å². The van der Waals surface area contributed by atoms with Crippen molar-refractivity contribution in [2.24, 2.45) is 0 Å². The molecule has 0 aliphatic heterocycles. The molecule has 10 heteroatoms. The van der Waals surface area contributed by atoms with Crippen molar-refractivity contribution in [3.63, 3.8) is 0 Å². The Balaban J connectivity index is 2.15. The largest absolute Gasteiger partial charge is 0.497 e. The van der Waals surface area contributed by atoms with Gasteiger partial charge in [-0.25, -0.2) is 9.97 Å². The second-order valence-electron chi connectivity index (χ2n) is 6.02. The van der Waals surface area contributed by atoms with Crippen molar-refractivity contribution >= 4 is 40.1 Å². The highest BCUT2D eigenvalue weighted by Gasteiger charge is 2.17. The Morgan fingerprint density at radius 2 is 1.86 bits per heavy atom. The van der Waals surface area contributed by atoms with E-state index < -0.39 is 17.4 Å². The quantitative estimate of drug-likeness (QED) is 0.602. The van der Waals surface area contributed by atoms with Crippen LogP contribution in [0.3, 0.4) is 0 Å². The van der Waals surface area contributed by atoms with Gasteiger partial charge >= 0.3 is 5.97 Å². The minimum absolute atomic E-state index is 0.00137. The number of fused-ring (bicyclic) bond motifs is 1. The minimum atomic E-state index is -0.628. The zero-order valence-corrected chi connectivity index (χ0v) is 16.1. The topological polar surface area (TPSA) is 124 Å². The lowest BCUT2D eigenvalue weighted by molar-refractivity contribution is -0.141. The number of rotatable bonds is 6. The number of hydrogen-bond acceptors (Lipinski definition) is 8. The molecule has 150 valence electrons. The lowest BCUT2D eigenvalue weighted by Gasteiger charge is -2.14. The van der Waals surface area contributed by atoms with E-state index in [-0.39, 0.29) is 17.9 Å². The highest BCUT2D eigenvalue weighted by atomic mass is 16.5. The van der Waals surface area contributed by atoms with E-state index in [2.05, 4.69) is 25.3 Å². The zero-order valence-electron chi connectivity index (χ0n) is 16.1. The van der Waals surface area contributed by atoms with Gasteiger partial charge < -0.3 is 20.1 Å². The van der Waals surface area contributed by atoms with Gasteiger partial charge in [0.05, 0.1) is 19.6 Å². The molecule has 29 heavy (non-hydrogen) atoms. The number of amides is 1. The van der Waals surface area contributed by atoms with E-state index in [9.17, 15) is 14.4 Å². The number of methoxy groups -OCH3 is 2. The summed E-state index contributed by atoms with van der Waals surface area (Å²) >= 11 is 0. The number of pyridine rings is 1. The summed E-state index contributed by atoms with van der Waals surface area (Å²) < 4.78 is 10.9. The van der Waals surface area contributed by atoms with Crippen LogP contribution >= 0.6 is 0 Å². The zero-order chi connectivity index (χ0) is 21.0. The number of anilines is 3. The van der Waals surface area contributed by atoms with Crippen molar-refractivity contribution in [3.05, 3.63) is 47.0 Å². The van der Waals surface area contributed by atoms with Gasteiger partial charge in [0.1, 0.15) is 35.8 Å². The summed E-state index contributed by atoms with van der Waals surface area (Å²) in [7, 11) is 2.80. The highest BCUT2D eigenvalue weighted by Crippen LogP contribution is 2.25. The Hall–Kier alpha value is -3.95. The standard InChI is InChI=1S/C19H19N5O5/c1-11(25)22-15-8-14-17(23-12-4-6-13(28-2)7-5-12)20-10-21-18(14)24(19(15)27)9-16(26)29-3/h4-8,10H,9H2,1-3H3,(H,22,25)(H,20,21,23). The first-order valence-corrected chi connectivity index (χ1v) is 8.57. The number of ether oxygens (including phenoxy) is 2. The van der Waals surface area contributed by atoms with Crippen LogP contribution < -0.4 is 20.9 Å². The van der Waals surface area contributed by atoms with Crippen LogP contribution in [-0.4, -0.2) is 40.6 Å². The minimum Gasteiger partial charge on any atom is -0.497 e. The first-order chi connectivity index (χ1) is 13.9. The Bertz CT molecular complexity index is 1120. The van der Waals surface area contributed by atoms with Crippen LogP contribution in [0.4, 0.5) is 17.2 Å². The summed E-state index contributed by atoms with van der Waals surface area (Å²) in [5.74, 6) is 0.0394. The maximum absolute atomic E-state index is 12.8.